The highest BCUT2D eigenvalue weighted by molar-refractivity contribution is 7.92. The van der Waals surface area contributed by atoms with E-state index < -0.39 is 16.1 Å². The van der Waals surface area contributed by atoms with Crippen LogP contribution in [0.3, 0.4) is 0 Å². The Morgan fingerprint density at radius 3 is 2.53 bits per heavy atom. The largest absolute Gasteiger partial charge is 0.506 e. The Morgan fingerprint density at radius 2 is 1.79 bits per heavy atom. The number of benzene rings is 2. The summed E-state index contributed by atoms with van der Waals surface area (Å²) in [6.45, 7) is 2.48. The minimum absolute atomic E-state index is 0.0465. The van der Waals surface area contributed by atoms with Crippen molar-refractivity contribution in [3.63, 3.8) is 0 Å². The Labute approximate surface area is 201 Å². The fourth-order valence-electron chi connectivity index (χ4n) is 3.25. The lowest BCUT2D eigenvalue weighted by atomic mass is 10.1. The van der Waals surface area contributed by atoms with E-state index >= 15 is 0 Å². The van der Waals surface area contributed by atoms with Crippen molar-refractivity contribution in [3.8, 4) is 5.75 Å². The summed E-state index contributed by atoms with van der Waals surface area (Å²) in [5, 5.41) is 23.3. The number of hydrogen-bond donors (Lipinski definition) is 4. The third-order valence-electron chi connectivity index (χ3n) is 5.04. The molecule has 4 N–H and O–H groups in total. The first-order valence-electron chi connectivity index (χ1n) is 11.4. The number of rotatable bonds is 16. The van der Waals surface area contributed by atoms with Crippen molar-refractivity contribution >= 4 is 21.8 Å². The molecule has 9 heteroatoms. The molecule has 0 saturated carbocycles. The molecule has 0 spiro atoms. The first kappa shape index (κ1) is 27.8. The maximum absolute atomic E-state index is 12.8. The van der Waals surface area contributed by atoms with E-state index in [0.717, 1.165) is 57.1 Å². The van der Waals surface area contributed by atoms with Gasteiger partial charge in [-0.25, -0.2) is 12.8 Å². The number of anilines is 1. The molecule has 0 heterocycles. The van der Waals surface area contributed by atoms with Gasteiger partial charge in [0.15, 0.2) is 0 Å². The SMILES string of the molecule is CS(=O)(=O)Nc1cc(C(O)CNCCCCCCOCC/C=C/c2ccc(F)cc2)ccc1O. The van der Waals surface area contributed by atoms with Gasteiger partial charge in [-0.05, 0) is 61.2 Å². The number of unbranched alkanes of at least 4 members (excludes halogenated alkanes) is 3. The van der Waals surface area contributed by atoms with E-state index in [4.69, 9.17) is 4.74 Å². The van der Waals surface area contributed by atoms with Crippen molar-refractivity contribution in [2.75, 3.05) is 37.3 Å². The van der Waals surface area contributed by atoms with Gasteiger partial charge < -0.3 is 20.3 Å². The Bertz CT molecular complexity index is 997. The minimum Gasteiger partial charge on any atom is -0.506 e. The highest BCUT2D eigenvalue weighted by Crippen LogP contribution is 2.27. The highest BCUT2D eigenvalue weighted by Gasteiger charge is 2.12. The van der Waals surface area contributed by atoms with E-state index in [0.29, 0.717) is 18.7 Å². The van der Waals surface area contributed by atoms with Crippen LogP contribution in [0.25, 0.3) is 6.08 Å². The molecule has 1 unspecified atom stereocenters. The first-order chi connectivity index (χ1) is 16.2. The van der Waals surface area contributed by atoms with Crippen molar-refractivity contribution in [1.29, 1.82) is 0 Å². The number of aliphatic hydroxyl groups excluding tert-OH is 1. The lowest BCUT2D eigenvalue weighted by Crippen LogP contribution is -2.22. The van der Waals surface area contributed by atoms with Gasteiger partial charge in [-0.1, -0.05) is 43.2 Å². The topological polar surface area (TPSA) is 108 Å². The number of phenolic OH excluding ortho intramolecular Hbond substituents is 1. The summed E-state index contributed by atoms with van der Waals surface area (Å²) >= 11 is 0. The van der Waals surface area contributed by atoms with E-state index in [1.165, 1.54) is 24.3 Å². The zero-order valence-electron chi connectivity index (χ0n) is 19.5. The van der Waals surface area contributed by atoms with Gasteiger partial charge in [0.25, 0.3) is 0 Å². The molecule has 0 fully saturated rings. The van der Waals surface area contributed by atoms with Crippen molar-refractivity contribution in [2.24, 2.45) is 0 Å². The van der Waals surface area contributed by atoms with Crippen LogP contribution >= 0.6 is 0 Å². The van der Waals surface area contributed by atoms with Crippen molar-refractivity contribution < 1.29 is 27.8 Å². The molecule has 188 valence electrons. The fourth-order valence-corrected chi connectivity index (χ4v) is 3.82. The molecule has 0 saturated heterocycles. The first-order valence-corrected chi connectivity index (χ1v) is 13.3. The van der Waals surface area contributed by atoms with E-state index in [2.05, 4.69) is 10.0 Å². The second-order valence-corrected chi connectivity index (χ2v) is 9.89. The predicted octanol–water partition coefficient (Wildman–Crippen LogP) is 4.21. The molecule has 2 aromatic carbocycles. The van der Waals surface area contributed by atoms with Gasteiger partial charge in [0.05, 0.1) is 24.7 Å². The van der Waals surface area contributed by atoms with Gasteiger partial charge in [0.1, 0.15) is 11.6 Å². The van der Waals surface area contributed by atoms with Gasteiger partial charge in [0.2, 0.25) is 10.0 Å². The van der Waals surface area contributed by atoms with E-state index in [-0.39, 0.29) is 17.3 Å². The highest BCUT2D eigenvalue weighted by atomic mass is 32.2. The minimum atomic E-state index is -3.52. The molecule has 1 atom stereocenters. The molecule has 34 heavy (non-hydrogen) atoms. The van der Waals surface area contributed by atoms with Gasteiger partial charge in [-0.3, -0.25) is 4.72 Å². The Morgan fingerprint density at radius 1 is 1.06 bits per heavy atom. The van der Waals surface area contributed by atoms with Crippen LogP contribution in [-0.2, 0) is 14.8 Å². The fraction of sp³-hybridized carbons (Fsp3) is 0.440. The Balaban J connectivity index is 1.49. The molecule has 0 bridgehead atoms. The number of sulfonamides is 1. The van der Waals surface area contributed by atoms with Crippen LogP contribution in [0.4, 0.5) is 10.1 Å². The van der Waals surface area contributed by atoms with Crippen LogP contribution in [0.5, 0.6) is 5.75 Å². The van der Waals surface area contributed by atoms with Crippen LogP contribution in [0.1, 0.15) is 49.3 Å². The molecule has 7 nitrogen and oxygen atoms in total. The molecule has 0 radical (unpaired) electrons. The maximum atomic E-state index is 12.8. The molecule has 2 aromatic rings. The lowest BCUT2D eigenvalue weighted by molar-refractivity contribution is 0.134. The van der Waals surface area contributed by atoms with Gasteiger partial charge in [-0.15, -0.1) is 0 Å². The maximum Gasteiger partial charge on any atom is 0.229 e. The molecule has 0 aliphatic rings. The average Bonchev–Trinajstić information content (AvgIpc) is 2.78. The van der Waals surface area contributed by atoms with Crippen LogP contribution in [0, 0.1) is 5.82 Å². The zero-order chi connectivity index (χ0) is 24.8. The second-order valence-electron chi connectivity index (χ2n) is 8.14. The summed E-state index contributed by atoms with van der Waals surface area (Å²) in [5.41, 5.74) is 1.53. The van der Waals surface area contributed by atoms with Crippen molar-refractivity contribution in [2.45, 2.75) is 38.2 Å². The summed E-state index contributed by atoms with van der Waals surface area (Å²) in [6, 6.07) is 10.7. The standard InChI is InChI=1S/C25H35FN2O5S/c1-34(31,32)28-23-18-21(11-14-24(23)29)25(30)19-27-15-5-2-3-6-16-33-17-7-4-8-20-9-12-22(26)13-10-20/h4,8-14,18,25,27-30H,2-3,5-7,15-17,19H2,1H3/b8-4+. The molecule has 0 aliphatic heterocycles. The molecule has 0 aliphatic carbocycles. The molecular formula is C25H35FN2O5S. The predicted molar refractivity (Wildman–Crippen MR) is 134 cm³/mol. The van der Waals surface area contributed by atoms with Crippen LogP contribution in [0.2, 0.25) is 0 Å². The Kier molecular flexibility index (Phi) is 12.0. The van der Waals surface area contributed by atoms with E-state index in [1.807, 2.05) is 12.2 Å². The third-order valence-corrected chi connectivity index (χ3v) is 5.63. The summed E-state index contributed by atoms with van der Waals surface area (Å²) in [7, 11) is -3.52. The number of ether oxygens (including phenoxy) is 1. The molecule has 0 aromatic heterocycles. The number of phenols is 1. The number of hydrogen-bond acceptors (Lipinski definition) is 6. The lowest BCUT2D eigenvalue weighted by Gasteiger charge is -2.14. The van der Waals surface area contributed by atoms with Crippen LogP contribution in [-0.4, -0.2) is 51.2 Å². The summed E-state index contributed by atoms with van der Waals surface area (Å²) < 4.78 is 43.4. The summed E-state index contributed by atoms with van der Waals surface area (Å²) in [4.78, 5) is 0. The van der Waals surface area contributed by atoms with Gasteiger partial charge in [0, 0.05) is 13.2 Å². The van der Waals surface area contributed by atoms with Crippen LogP contribution < -0.4 is 10.0 Å². The smallest absolute Gasteiger partial charge is 0.229 e. The number of aliphatic hydroxyl groups is 1. The van der Waals surface area contributed by atoms with Gasteiger partial charge in [-0.2, -0.15) is 0 Å². The third kappa shape index (κ3) is 11.6. The quantitative estimate of drug-likeness (QED) is 0.206. The second kappa shape index (κ2) is 14.7. The number of nitrogens with one attached hydrogen (secondary N) is 2. The summed E-state index contributed by atoms with van der Waals surface area (Å²) in [5.74, 6) is -0.428. The van der Waals surface area contributed by atoms with Crippen LogP contribution in [0.15, 0.2) is 48.5 Å². The molecule has 0 amide bonds. The monoisotopic (exact) mass is 494 g/mol. The molecule has 2 rings (SSSR count). The normalized spacial score (nSPS) is 12.8. The van der Waals surface area contributed by atoms with Crippen molar-refractivity contribution in [3.05, 3.63) is 65.5 Å². The van der Waals surface area contributed by atoms with E-state index in [1.54, 1.807) is 18.2 Å². The molecular weight excluding hydrogens is 459 g/mol. The number of aromatic hydroxyl groups is 1. The summed E-state index contributed by atoms with van der Waals surface area (Å²) in [6.07, 6.45) is 9.07. The van der Waals surface area contributed by atoms with E-state index in [9.17, 15) is 23.0 Å². The zero-order valence-corrected chi connectivity index (χ0v) is 20.4. The van der Waals surface area contributed by atoms with Crippen molar-refractivity contribution in [1.82, 2.24) is 5.32 Å². The average molecular weight is 495 g/mol. The Hall–Kier alpha value is -2.46. The number of halogens is 1. The van der Waals surface area contributed by atoms with Gasteiger partial charge >= 0.3 is 0 Å².